The number of fused-ring (bicyclic) bond motifs is 4. The van der Waals surface area contributed by atoms with Crippen molar-refractivity contribution in [3.8, 4) is 5.75 Å². The Kier molecular flexibility index (Phi) is 5.57. The van der Waals surface area contributed by atoms with Crippen LogP contribution in [-0.4, -0.2) is 59.8 Å². The minimum Gasteiger partial charge on any atom is -0.497 e. The van der Waals surface area contributed by atoms with Gasteiger partial charge in [-0.2, -0.15) is 0 Å². The molecule has 4 atom stereocenters. The Morgan fingerprint density at radius 2 is 2.00 bits per heavy atom. The van der Waals surface area contributed by atoms with Crippen LogP contribution in [0.15, 0.2) is 42.5 Å². The Bertz CT molecular complexity index is 949. The van der Waals surface area contributed by atoms with Gasteiger partial charge in [0.15, 0.2) is 5.69 Å². The number of nitrogens with zero attached hydrogens (tertiary/aromatic N) is 3. The summed E-state index contributed by atoms with van der Waals surface area (Å²) in [6.45, 7) is 3.10. The van der Waals surface area contributed by atoms with Crippen molar-refractivity contribution in [1.29, 1.82) is 0 Å². The van der Waals surface area contributed by atoms with Gasteiger partial charge >= 0.3 is 5.97 Å². The summed E-state index contributed by atoms with van der Waals surface area (Å²) in [7, 11) is 1.72. The number of carboxylic acid groups (broad SMARTS) is 1. The van der Waals surface area contributed by atoms with Crippen LogP contribution >= 0.6 is 0 Å². The topological polar surface area (TPSA) is 65.9 Å². The number of carboxylic acids is 1. The summed E-state index contributed by atoms with van der Waals surface area (Å²) in [5.41, 5.74) is 1.45. The Balaban J connectivity index is 1.43. The van der Waals surface area contributed by atoms with Crippen LogP contribution in [0.3, 0.4) is 0 Å². The van der Waals surface area contributed by atoms with Gasteiger partial charge < -0.3 is 14.7 Å². The number of anilines is 1. The van der Waals surface area contributed by atoms with E-state index in [1.54, 1.807) is 13.2 Å². The number of ether oxygens (including phenoxy) is 1. The lowest BCUT2D eigenvalue weighted by molar-refractivity contribution is -0.0318. The molecule has 0 unspecified atom stereocenters. The highest BCUT2D eigenvalue weighted by Crippen LogP contribution is 2.43. The summed E-state index contributed by atoms with van der Waals surface area (Å²) in [5, 5.41) is 9.37. The average Bonchev–Trinajstić information content (AvgIpc) is 2.82. The van der Waals surface area contributed by atoms with Crippen LogP contribution in [0.1, 0.15) is 41.7 Å². The number of hydrogen-bond acceptors (Lipinski definition) is 5. The third-order valence-corrected chi connectivity index (χ3v) is 7.48. The molecule has 0 aliphatic carbocycles. The molecule has 5 rings (SSSR count). The highest BCUT2D eigenvalue weighted by Gasteiger charge is 2.47. The van der Waals surface area contributed by atoms with E-state index in [2.05, 4.69) is 33.0 Å². The number of hydrogen-bond donors (Lipinski definition) is 1. The van der Waals surface area contributed by atoms with E-state index in [0.717, 1.165) is 31.1 Å². The molecule has 0 radical (unpaired) electrons. The van der Waals surface area contributed by atoms with Gasteiger partial charge in [0.2, 0.25) is 0 Å². The summed E-state index contributed by atoms with van der Waals surface area (Å²) < 4.78 is 5.46. The highest BCUT2D eigenvalue weighted by atomic mass is 16.5. The third-order valence-electron chi connectivity index (χ3n) is 7.48. The third kappa shape index (κ3) is 4.01. The van der Waals surface area contributed by atoms with Crippen LogP contribution in [0.5, 0.6) is 5.75 Å². The second kappa shape index (κ2) is 8.50. The van der Waals surface area contributed by atoms with Gasteiger partial charge in [-0.05, 0) is 73.9 Å². The number of piperidine rings is 3. The zero-order valence-corrected chi connectivity index (χ0v) is 18.1. The summed E-state index contributed by atoms with van der Waals surface area (Å²) >= 11 is 0. The second-order valence-electron chi connectivity index (χ2n) is 9.27. The van der Waals surface area contributed by atoms with Crippen LogP contribution in [-0.2, 0) is 6.42 Å². The minimum absolute atomic E-state index is 0.125. The van der Waals surface area contributed by atoms with Crippen molar-refractivity contribution in [3.05, 3.63) is 53.7 Å². The van der Waals surface area contributed by atoms with Crippen LogP contribution in [0.4, 0.5) is 5.82 Å². The number of aromatic carboxylic acids is 1. The van der Waals surface area contributed by atoms with E-state index in [1.807, 2.05) is 18.2 Å². The molecule has 6 nitrogen and oxygen atoms in total. The lowest BCUT2D eigenvalue weighted by Gasteiger charge is -2.57. The molecular formula is C25H31N3O3. The van der Waals surface area contributed by atoms with E-state index in [0.29, 0.717) is 23.9 Å². The zero-order chi connectivity index (χ0) is 21.4. The van der Waals surface area contributed by atoms with Crippen molar-refractivity contribution in [2.45, 2.75) is 44.2 Å². The molecule has 2 aromatic rings. The number of methoxy groups -OCH3 is 1. The van der Waals surface area contributed by atoms with E-state index < -0.39 is 5.97 Å². The van der Waals surface area contributed by atoms with Crippen molar-refractivity contribution in [3.63, 3.8) is 0 Å². The Morgan fingerprint density at radius 3 is 2.84 bits per heavy atom. The van der Waals surface area contributed by atoms with E-state index >= 15 is 0 Å². The molecule has 3 fully saturated rings. The van der Waals surface area contributed by atoms with Gasteiger partial charge in [0.1, 0.15) is 11.6 Å². The van der Waals surface area contributed by atoms with Crippen LogP contribution in [0.2, 0.25) is 0 Å². The number of carbonyl (C=O) groups is 1. The molecule has 1 aromatic carbocycles. The minimum atomic E-state index is -0.964. The molecule has 1 N–H and O–H groups in total. The smallest absolute Gasteiger partial charge is 0.354 e. The van der Waals surface area contributed by atoms with Crippen molar-refractivity contribution >= 4 is 11.8 Å². The van der Waals surface area contributed by atoms with Gasteiger partial charge in [-0.15, -0.1) is 0 Å². The fourth-order valence-electron chi connectivity index (χ4n) is 6.14. The van der Waals surface area contributed by atoms with Crippen LogP contribution in [0, 0.1) is 11.8 Å². The van der Waals surface area contributed by atoms with Crippen molar-refractivity contribution in [2.24, 2.45) is 11.8 Å². The lowest BCUT2D eigenvalue weighted by atomic mass is 9.71. The SMILES string of the molecule is COc1cccc(C[C@H]2[C@H]3C[C@H](CN(c4cccc(C(=O)O)n4)C3)[C@@H]3CCCCN32)c1. The van der Waals surface area contributed by atoms with Crippen LogP contribution in [0.25, 0.3) is 0 Å². The van der Waals surface area contributed by atoms with Gasteiger partial charge in [0.25, 0.3) is 0 Å². The maximum Gasteiger partial charge on any atom is 0.354 e. The van der Waals surface area contributed by atoms with Crippen molar-refractivity contribution in [1.82, 2.24) is 9.88 Å². The molecule has 3 saturated heterocycles. The quantitative estimate of drug-likeness (QED) is 0.794. The molecular weight excluding hydrogens is 390 g/mol. The predicted molar refractivity (Wildman–Crippen MR) is 120 cm³/mol. The van der Waals surface area contributed by atoms with Gasteiger partial charge in [-0.3, -0.25) is 4.90 Å². The maximum absolute atomic E-state index is 11.4. The van der Waals surface area contributed by atoms with Gasteiger partial charge in [-0.1, -0.05) is 24.6 Å². The number of aromatic nitrogens is 1. The molecule has 31 heavy (non-hydrogen) atoms. The summed E-state index contributed by atoms with van der Waals surface area (Å²) in [6, 6.07) is 14.9. The monoisotopic (exact) mass is 421 g/mol. The van der Waals surface area contributed by atoms with E-state index in [9.17, 15) is 9.90 Å². The van der Waals surface area contributed by atoms with Gasteiger partial charge in [-0.25, -0.2) is 9.78 Å². The molecule has 6 heteroatoms. The first-order valence-electron chi connectivity index (χ1n) is 11.5. The Hall–Kier alpha value is -2.60. The summed E-state index contributed by atoms with van der Waals surface area (Å²) in [5.74, 6) is 1.93. The molecule has 164 valence electrons. The lowest BCUT2D eigenvalue weighted by Crippen LogP contribution is -2.64. The standard InChI is InChI=1S/C25H31N3O3/c1-31-20-7-4-6-17(12-20)13-23-19-14-18(22-9-2-3-11-28(22)23)15-27(16-19)24-10-5-8-21(26-24)25(29)30/h4-8,10,12,18-19,22-23H,2-3,9,11,13-16H2,1H3,(H,29,30)/t18-,19+,22+,23+/m1/s1. The molecule has 0 amide bonds. The molecule has 4 heterocycles. The molecule has 0 spiro atoms. The second-order valence-corrected chi connectivity index (χ2v) is 9.27. The van der Waals surface area contributed by atoms with Crippen LogP contribution < -0.4 is 9.64 Å². The van der Waals surface area contributed by atoms with Crippen molar-refractivity contribution < 1.29 is 14.6 Å². The molecule has 1 aromatic heterocycles. The average molecular weight is 422 g/mol. The highest BCUT2D eigenvalue weighted by molar-refractivity contribution is 5.85. The number of rotatable bonds is 5. The normalized spacial score (nSPS) is 28.1. The maximum atomic E-state index is 11.4. The number of benzene rings is 1. The first-order chi connectivity index (χ1) is 15.1. The zero-order valence-electron chi connectivity index (χ0n) is 18.1. The summed E-state index contributed by atoms with van der Waals surface area (Å²) in [4.78, 5) is 21.0. The van der Waals surface area contributed by atoms with E-state index in [1.165, 1.54) is 37.8 Å². The number of pyridine rings is 1. The fourth-order valence-corrected chi connectivity index (χ4v) is 6.14. The first kappa shape index (κ1) is 20.3. The predicted octanol–water partition coefficient (Wildman–Crippen LogP) is 3.71. The van der Waals surface area contributed by atoms with E-state index in [4.69, 9.17) is 4.74 Å². The first-order valence-corrected chi connectivity index (χ1v) is 11.5. The molecule has 0 saturated carbocycles. The van der Waals surface area contributed by atoms with Gasteiger partial charge in [0.05, 0.1) is 7.11 Å². The fraction of sp³-hybridized carbons (Fsp3) is 0.520. The van der Waals surface area contributed by atoms with Crippen molar-refractivity contribution in [2.75, 3.05) is 31.6 Å². The van der Waals surface area contributed by atoms with E-state index in [-0.39, 0.29) is 5.69 Å². The molecule has 2 bridgehead atoms. The Labute approximate surface area is 183 Å². The largest absolute Gasteiger partial charge is 0.497 e. The molecule has 3 aliphatic rings. The van der Waals surface area contributed by atoms with Gasteiger partial charge in [0, 0.05) is 25.2 Å². The molecule has 3 aliphatic heterocycles. The Morgan fingerprint density at radius 1 is 1.16 bits per heavy atom. The summed E-state index contributed by atoms with van der Waals surface area (Å²) in [6.07, 6.45) is 6.15.